The minimum atomic E-state index is -0.0200. The summed E-state index contributed by atoms with van der Waals surface area (Å²) in [6, 6.07) is 7.87. The molecule has 0 unspecified atom stereocenters. The zero-order valence-corrected chi connectivity index (χ0v) is 11.8. The molecule has 1 aromatic heterocycles. The van der Waals surface area contributed by atoms with E-state index >= 15 is 0 Å². The Morgan fingerprint density at radius 3 is 2.63 bits per heavy atom. The first-order valence-corrected chi connectivity index (χ1v) is 6.35. The maximum Gasteiger partial charge on any atom is 0.204 e. The van der Waals surface area contributed by atoms with Crippen LogP contribution in [0.5, 0.6) is 0 Å². The Labute approximate surface area is 113 Å². The zero-order valence-electron chi connectivity index (χ0n) is 11.8. The van der Waals surface area contributed by atoms with Gasteiger partial charge in [0, 0.05) is 18.3 Å². The van der Waals surface area contributed by atoms with Crippen molar-refractivity contribution in [2.45, 2.75) is 27.3 Å². The normalized spacial score (nSPS) is 10.7. The van der Waals surface area contributed by atoms with E-state index in [0.717, 1.165) is 16.9 Å². The average Bonchev–Trinajstić information content (AvgIpc) is 2.36. The standard InChI is InChI=1S/C15H19N3O/c1-10-5-6-11(2)14(7-10)18-12(3)8-15(19)13(17-18)9-16-4/h5-8,16H,9H2,1-4H3. The molecule has 2 aromatic rings. The van der Waals surface area contributed by atoms with Crippen LogP contribution in [0.2, 0.25) is 0 Å². The second kappa shape index (κ2) is 5.36. The van der Waals surface area contributed by atoms with Gasteiger partial charge in [0.25, 0.3) is 0 Å². The number of aromatic nitrogens is 2. The van der Waals surface area contributed by atoms with Crippen LogP contribution < -0.4 is 10.7 Å². The van der Waals surface area contributed by atoms with Crippen LogP contribution in [-0.4, -0.2) is 16.8 Å². The number of hydrogen-bond donors (Lipinski definition) is 1. The summed E-state index contributed by atoms with van der Waals surface area (Å²) in [4.78, 5) is 11.8. The molecule has 100 valence electrons. The second-order valence-corrected chi connectivity index (χ2v) is 4.83. The van der Waals surface area contributed by atoms with E-state index in [1.807, 2.05) is 25.6 Å². The highest BCUT2D eigenvalue weighted by atomic mass is 16.1. The molecule has 1 N–H and O–H groups in total. The molecular weight excluding hydrogens is 238 g/mol. The van der Waals surface area contributed by atoms with Gasteiger partial charge in [-0.1, -0.05) is 12.1 Å². The van der Waals surface area contributed by atoms with Crippen molar-refractivity contribution in [3.8, 4) is 5.69 Å². The number of hydrogen-bond acceptors (Lipinski definition) is 3. The fourth-order valence-electron chi connectivity index (χ4n) is 2.06. The first kappa shape index (κ1) is 13.5. The number of nitrogens with zero attached hydrogens (tertiary/aromatic N) is 2. The Bertz CT molecular complexity index is 659. The van der Waals surface area contributed by atoms with E-state index < -0.39 is 0 Å². The van der Waals surface area contributed by atoms with Gasteiger partial charge in [-0.25, -0.2) is 4.68 Å². The van der Waals surface area contributed by atoms with Crippen molar-refractivity contribution >= 4 is 0 Å². The molecule has 0 saturated carbocycles. The molecule has 0 spiro atoms. The second-order valence-electron chi connectivity index (χ2n) is 4.83. The highest BCUT2D eigenvalue weighted by molar-refractivity contribution is 5.43. The Hall–Kier alpha value is -1.94. The summed E-state index contributed by atoms with van der Waals surface area (Å²) in [7, 11) is 1.81. The van der Waals surface area contributed by atoms with E-state index in [-0.39, 0.29) is 5.43 Å². The molecule has 0 atom stereocenters. The van der Waals surface area contributed by atoms with Gasteiger partial charge in [-0.3, -0.25) is 4.79 Å². The molecule has 0 radical (unpaired) electrons. The van der Waals surface area contributed by atoms with Crippen LogP contribution in [0.25, 0.3) is 5.69 Å². The van der Waals surface area contributed by atoms with Crippen molar-refractivity contribution < 1.29 is 0 Å². The summed E-state index contributed by atoms with van der Waals surface area (Å²) in [5, 5.41) is 7.45. The molecule has 4 heteroatoms. The van der Waals surface area contributed by atoms with Crippen LogP contribution in [0.3, 0.4) is 0 Å². The number of benzene rings is 1. The minimum absolute atomic E-state index is 0.0200. The Balaban J connectivity index is 2.64. The smallest absolute Gasteiger partial charge is 0.204 e. The monoisotopic (exact) mass is 257 g/mol. The SMILES string of the molecule is CNCc1nn(-c2cc(C)ccc2C)c(C)cc1=O. The molecule has 0 aliphatic heterocycles. The molecular formula is C15H19N3O. The lowest BCUT2D eigenvalue weighted by atomic mass is 10.1. The predicted octanol–water partition coefficient (Wildman–Crippen LogP) is 1.88. The maximum atomic E-state index is 11.8. The van der Waals surface area contributed by atoms with Gasteiger partial charge in [0.15, 0.2) is 0 Å². The van der Waals surface area contributed by atoms with Crippen LogP contribution in [0.15, 0.2) is 29.1 Å². The molecule has 0 saturated heterocycles. The third-order valence-electron chi connectivity index (χ3n) is 3.12. The van der Waals surface area contributed by atoms with E-state index in [1.165, 1.54) is 5.56 Å². The van der Waals surface area contributed by atoms with Crippen LogP contribution in [0.1, 0.15) is 22.5 Å². The van der Waals surface area contributed by atoms with Crippen LogP contribution >= 0.6 is 0 Å². The number of aryl methyl sites for hydroxylation is 3. The van der Waals surface area contributed by atoms with Gasteiger partial charge in [-0.05, 0) is 45.0 Å². The predicted molar refractivity (Wildman–Crippen MR) is 76.8 cm³/mol. The molecule has 0 amide bonds. The third-order valence-corrected chi connectivity index (χ3v) is 3.12. The molecule has 4 nitrogen and oxygen atoms in total. The van der Waals surface area contributed by atoms with E-state index in [2.05, 4.69) is 35.5 Å². The topological polar surface area (TPSA) is 46.9 Å². The minimum Gasteiger partial charge on any atom is -0.314 e. The summed E-state index contributed by atoms with van der Waals surface area (Å²) in [6.45, 7) is 6.48. The first-order chi connectivity index (χ1) is 9.02. The summed E-state index contributed by atoms with van der Waals surface area (Å²) in [5.41, 5.74) is 4.70. The van der Waals surface area contributed by atoms with Crippen molar-refractivity contribution in [3.05, 3.63) is 57.0 Å². The van der Waals surface area contributed by atoms with Crippen molar-refractivity contribution in [1.82, 2.24) is 15.1 Å². The van der Waals surface area contributed by atoms with E-state index in [1.54, 1.807) is 6.07 Å². The molecule has 0 aliphatic rings. The van der Waals surface area contributed by atoms with Crippen molar-refractivity contribution in [3.63, 3.8) is 0 Å². The number of nitrogens with one attached hydrogen (secondary N) is 1. The van der Waals surface area contributed by atoms with Gasteiger partial charge in [0.2, 0.25) is 5.43 Å². The van der Waals surface area contributed by atoms with Gasteiger partial charge in [-0.2, -0.15) is 5.10 Å². The molecule has 1 aromatic carbocycles. The summed E-state index contributed by atoms with van der Waals surface area (Å²) in [5.74, 6) is 0. The van der Waals surface area contributed by atoms with Gasteiger partial charge >= 0.3 is 0 Å². The summed E-state index contributed by atoms with van der Waals surface area (Å²) in [6.07, 6.45) is 0. The highest BCUT2D eigenvalue weighted by Gasteiger charge is 2.09. The van der Waals surface area contributed by atoms with Crippen LogP contribution in [0.4, 0.5) is 0 Å². The first-order valence-electron chi connectivity index (χ1n) is 6.35. The molecule has 0 aliphatic carbocycles. The Morgan fingerprint density at radius 1 is 1.21 bits per heavy atom. The zero-order chi connectivity index (χ0) is 14.0. The molecule has 1 heterocycles. The third kappa shape index (κ3) is 2.74. The van der Waals surface area contributed by atoms with Gasteiger partial charge in [0.1, 0.15) is 5.69 Å². The molecule has 0 bridgehead atoms. The number of rotatable bonds is 3. The quantitative estimate of drug-likeness (QED) is 0.913. The van der Waals surface area contributed by atoms with E-state index in [0.29, 0.717) is 12.2 Å². The fraction of sp³-hybridized carbons (Fsp3) is 0.333. The maximum absolute atomic E-state index is 11.8. The lowest BCUT2D eigenvalue weighted by Crippen LogP contribution is -2.23. The lowest BCUT2D eigenvalue weighted by Gasteiger charge is -2.14. The molecule has 2 rings (SSSR count). The Morgan fingerprint density at radius 2 is 1.95 bits per heavy atom. The van der Waals surface area contributed by atoms with E-state index in [4.69, 9.17) is 0 Å². The van der Waals surface area contributed by atoms with Gasteiger partial charge in [-0.15, -0.1) is 0 Å². The van der Waals surface area contributed by atoms with Crippen LogP contribution in [-0.2, 0) is 6.54 Å². The highest BCUT2D eigenvalue weighted by Crippen LogP contribution is 2.16. The summed E-state index contributed by atoms with van der Waals surface area (Å²) >= 11 is 0. The average molecular weight is 257 g/mol. The molecule has 19 heavy (non-hydrogen) atoms. The fourth-order valence-corrected chi connectivity index (χ4v) is 2.06. The molecule has 0 fully saturated rings. The van der Waals surface area contributed by atoms with E-state index in [9.17, 15) is 4.79 Å². The van der Waals surface area contributed by atoms with Crippen LogP contribution in [0, 0.1) is 20.8 Å². The Kier molecular flexibility index (Phi) is 3.81. The van der Waals surface area contributed by atoms with Crippen molar-refractivity contribution in [2.75, 3.05) is 7.05 Å². The van der Waals surface area contributed by atoms with Gasteiger partial charge in [0.05, 0.1) is 5.69 Å². The van der Waals surface area contributed by atoms with Crippen molar-refractivity contribution in [1.29, 1.82) is 0 Å². The largest absolute Gasteiger partial charge is 0.314 e. The summed E-state index contributed by atoms with van der Waals surface area (Å²) < 4.78 is 1.84. The lowest BCUT2D eigenvalue weighted by molar-refractivity contribution is 0.702. The van der Waals surface area contributed by atoms with Gasteiger partial charge < -0.3 is 5.32 Å². The van der Waals surface area contributed by atoms with Crippen molar-refractivity contribution in [2.24, 2.45) is 0 Å².